The normalized spacial score (nSPS) is 10.5. The highest BCUT2D eigenvalue weighted by Gasteiger charge is 2.08. The van der Waals surface area contributed by atoms with E-state index in [-0.39, 0.29) is 12.6 Å². The van der Waals surface area contributed by atoms with Crippen molar-refractivity contribution in [2.45, 2.75) is 11.3 Å². The van der Waals surface area contributed by atoms with Crippen molar-refractivity contribution in [2.24, 2.45) is 0 Å². The summed E-state index contributed by atoms with van der Waals surface area (Å²) in [5.74, 6) is -0.323. The number of thiophene rings is 1. The van der Waals surface area contributed by atoms with Gasteiger partial charge in [0.25, 0.3) is 0 Å². The van der Waals surface area contributed by atoms with E-state index in [1.165, 1.54) is 11.3 Å². The van der Waals surface area contributed by atoms with Crippen LogP contribution in [0.15, 0.2) is 16.3 Å². The van der Waals surface area contributed by atoms with E-state index in [0.29, 0.717) is 24.7 Å². The van der Waals surface area contributed by atoms with E-state index >= 15 is 0 Å². The zero-order chi connectivity index (χ0) is 12.5. The van der Waals surface area contributed by atoms with Crippen molar-refractivity contribution in [2.75, 3.05) is 33.5 Å². The predicted molar refractivity (Wildman–Crippen MR) is 69.2 cm³/mol. The SMILES string of the molecule is COCCCOCCOC(=O)c1cc(S)cs1. The Morgan fingerprint density at radius 3 is 2.82 bits per heavy atom. The van der Waals surface area contributed by atoms with Crippen LogP contribution in [0.1, 0.15) is 16.1 Å². The summed E-state index contributed by atoms with van der Waals surface area (Å²) in [7, 11) is 1.65. The van der Waals surface area contributed by atoms with E-state index in [4.69, 9.17) is 14.2 Å². The van der Waals surface area contributed by atoms with Gasteiger partial charge in [-0.05, 0) is 12.5 Å². The highest BCUT2D eigenvalue weighted by Crippen LogP contribution is 2.18. The molecule has 6 heteroatoms. The average molecular weight is 276 g/mol. The van der Waals surface area contributed by atoms with Crippen molar-refractivity contribution in [3.8, 4) is 0 Å². The van der Waals surface area contributed by atoms with Crippen LogP contribution in [0.25, 0.3) is 0 Å². The topological polar surface area (TPSA) is 44.8 Å². The van der Waals surface area contributed by atoms with Crippen LogP contribution in [0.4, 0.5) is 0 Å². The molecule has 0 spiro atoms. The molecule has 0 aliphatic rings. The van der Waals surface area contributed by atoms with E-state index in [1.54, 1.807) is 18.6 Å². The lowest BCUT2D eigenvalue weighted by Gasteiger charge is -2.04. The van der Waals surface area contributed by atoms with Gasteiger partial charge in [-0.25, -0.2) is 4.79 Å². The first-order chi connectivity index (χ1) is 8.24. The molecule has 1 aromatic rings. The molecule has 0 aromatic carbocycles. The van der Waals surface area contributed by atoms with E-state index in [2.05, 4.69) is 12.6 Å². The van der Waals surface area contributed by atoms with Crippen molar-refractivity contribution in [1.82, 2.24) is 0 Å². The molecule has 4 nitrogen and oxygen atoms in total. The van der Waals surface area contributed by atoms with Crippen LogP contribution in [0.2, 0.25) is 0 Å². The number of esters is 1. The van der Waals surface area contributed by atoms with Gasteiger partial charge in [0.1, 0.15) is 11.5 Å². The first-order valence-corrected chi connectivity index (χ1v) is 6.58. The number of hydrogen-bond acceptors (Lipinski definition) is 6. The largest absolute Gasteiger partial charge is 0.459 e. The highest BCUT2D eigenvalue weighted by atomic mass is 32.1. The molecule has 0 unspecified atom stereocenters. The molecule has 0 amide bonds. The minimum atomic E-state index is -0.323. The summed E-state index contributed by atoms with van der Waals surface area (Å²) in [4.78, 5) is 12.8. The van der Waals surface area contributed by atoms with Crippen LogP contribution in [0, 0.1) is 0 Å². The molecule has 1 aromatic heterocycles. The fraction of sp³-hybridized carbons (Fsp3) is 0.545. The molecule has 0 fully saturated rings. The van der Waals surface area contributed by atoms with Gasteiger partial charge in [0.2, 0.25) is 0 Å². The summed E-state index contributed by atoms with van der Waals surface area (Å²) < 4.78 is 15.2. The number of ether oxygens (including phenoxy) is 3. The standard InChI is InChI=1S/C11H16O4S2/c1-13-3-2-4-14-5-6-15-11(12)10-7-9(16)8-17-10/h7-8,16H,2-6H2,1H3. The fourth-order valence-electron chi connectivity index (χ4n) is 1.11. The average Bonchev–Trinajstić information content (AvgIpc) is 2.74. The van der Waals surface area contributed by atoms with Gasteiger partial charge < -0.3 is 14.2 Å². The van der Waals surface area contributed by atoms with E-state index in [1.807, 2.05) is 0 Å². The molecular formula is C11H16O4S2. The molecule has 0 saturated carbocycles. The van der Waals surface area contributed by atoms with Crippen molar-refractivity contribution in [3.63, 3.8) is 0 Å². The molecule has 0 bridgehead atoms. The smallest absolute Gasteiger partial charge is 0.348 e. The summed E-state index contributed by atoms with van der Waals surface area (Å²) in [6.45, 7) is 1.98. The Balaban J connectivity index is 2.05. The second-order valence-electron chi connectivity index (χ2n) is 3.26. The van der Waals surface area contributed by atoms with Gasteiger partial charge in [-0.1, -0.05) is 0 Å². The number of carbonyl (C=O) groups is 1. The number of rotatable bonds is 8. The maximum Gasteiger partial charge on any atom is 0.348 e. The van der Waals surface area contributed by atoms with E-state index in [9.17, 15) is 4.79 Å². The van der Waals surface area contributed by atoms with Gasteiger partial charge in [-0.15, -0.1) is 24.0 Å². The lowest BCUT2D eigenvalue weighted by molar-refractivity contribution is 0.0292. The molecule has 96 valence electrons. The third-order valence-electron chi connectivity index (χ3n) is 1.88. The maximum absolute atomic E-state index is 11.5. The van der Waals surface area contributed by atoms with Crippen molar-refractivity contribution >= 4 is 29.9 Å². The Morgan fingerprint density at radius 1 is 1.35 bits per heavy atom. The van der Waals surface area contributed by atoms with Gasteiger partial charge in [0, 0.05) is 30.6 Å². The van der Waals surface area contributed by atoms with Crippen LogP contribution < -0.4 is 0 Å². The monoisotopic (exact) mass is 276 g/mol. The molecule has 0 radical (unpaired) electrons. The quantitative estimate of drug-likeness (QED) is 0.449. The first kappa shape index (κ1) is 14.5. The van der Waals surface area contributed by atoms with Crippen LogP contribution in [-0.4, -0.2) is 39.5 Å². The maximum atomic E-state index is 11.5. The Labute approximate surface area is 110 Å². The fourth-order valence-corrected chi connectivity index (χ4v) is 2.15. The van der Waals surface area contributed by atoms with Crippen LogP contribution in [0.5, 0.6) is 0 Å². The van der Waals surface area contributed by atoms with Crippen molar-refractivity contribution in [3.05, 3.63) is 16.3 Å². The zero-order valence-corrected chi connectivity index (χ0v) is 11.4. The van der Waals surface area contributed by atoms with Crippen LogP contribution >= 0.6 is 24.0 Å². The zero-order valence-electron chi connectivity index (χ0n) is 9.68. The Hall–Kier alpha value is -0.560. The highest BCUT2D eigenvalue weighted by molar-refractivity contribution is 7.80. The van der Waals surface area contributed by atoms with E-state index in [0.717, 1.165) is 11.3 Å². The van der Waals surface area contributed by atoms with Crippen molar-refractivity contribution in [1.29, 1.82) is 0 Å². The van der Waals surface area contributed by atoms with Crippen LogP contribution in [-0.2, 0) is 14.2 Å². The summed E-state index contributed by atoms with van der Waals surface area (Å²) in [5.41, 5.74) is 0. The molecule has 1 rings (SSSR count). The Bertz CT molecular complexity index is 338. The molecule has 0 N–H and O–H groups in total. The lowest BCUT2D eigenvalue weighted by Crippen LogP contribution is -2.10. The summed E-state index contributed by atoms with van der Waals surface area (Å²) in [5, 5.41) is 1.79. The Morgan fingerprint density at radius 2 is 2.18 bits per heavy atom. The second-order valence-corrected chi connectivity index (χ2v) is 4.69. The number of hydrogen-bond donors (Lipinski definition) is 1. The molecule has 1 heterocycles. The van der Waals surface area contributed by atoms with Crippen molar-refractivity contribution < 1.29 is 19.0 Å². The minimum Gasteiger partial charge on any atom is -0.459 e. The minimum absolute atomic E-state index is 0.269. The number of carbonyl (C=O) groups excluding carboxylic acids is 1. The third kappa shape index (κ3) is 6.07. The number of thiol groups is 1. The van der Waals surface area contributed by atoms with Gasteiger partial charge in [0.05, 0.1) is 6.61 Å². The molecule has 0 aliphatic heterocycles. The second kappa shape index (κ2) is 8.52. The molecule has 0 saturated heterocycles. The first-order valence-electron chi connectivity index (χ1n) is 5.25. The van der Waals surface area contributed by atoms with E-state index < -0.39 is 0 Å². The number of methoxy groups -OCH3 is 1. The third-order valence-corrected chi connectivity index (χ3v) is 3.23. The molecular weight excluding hydrogens is 260 g/mol. The Kier molecular flexibility index (Phi) is 7.27. The molecule has 0 aliphatic carbocycles. The summed E-state index contributed by atoms with van der Waals surface area (Å²) in [6, 6.07) is 1.69. The predicted octanol–water partition coefficient (Wildman–Crippen LogP) is 2.25. The summed E-state index contributed by atoms with van der Waals surface area (Å²) >= 11 is 5.45. The van der Waals surface area contributed by atoms with Crippen LogP contribution in [0.3, 0.4) is 0 Å². The lowest BCUT2D eigenvalue weighted by atomic mass is 10.5. The van der Waals surface area contributed by atoms with Gasteiger partial charge in [-0.3, -0.25) is 0 Å². The molecule has 17 heavy (non-hydrogen) atoms. The summed E-state index contributed by atoms with van der Waals surface area (Å²) in [6.07, 6.45) is 0.846. The molecule has 0 atom stereocenters. The van der Waals surface area contributed by atoms with Gasteiger partial charge >= 0.3 is 5.97 Å². The van der Waals surface area contributed by atoms with Gasteiger partial charge in [-0.2, -0.15) is 0 Å². The van der Waals surface area contributed by atoms with Gasteiger partial charge in [0.15, 0.2) is 0 Å².